The normalized spacial score (nSPS) is 11.5. The SMILES string of the molecule is c1ccc(-c2cccc(N(c3ccccc3)c3ccc4c(ccc5ccc6c7ccccc7oc6c54)c3)c2)cc1. The standard InChI is InChI=1S/C38H25NO/c1-3-10-26(11-4-1)28-12-9-15-31(24-28)39(30-13-5-2-6-14-30)32-21-23-33-29(25-32)19-18-27-20-22-35-34-16-7-8-17-36(34)40-38(35)37(27)33/h1-25H. The van der Waals surface area contributed by atoms with Crippen molar-refractivity contribution in [2.75, 3.05) is 4.90 Å². The molecule has 2 heteroatoms. The molecule has 0 aliphatic carbocycles. The highest BCUT2D eigenvalue weighted by atomic mass is 16.3. The van der Waals surface area contributed by atoms with E-state index in [1.54, 1.807) is 0 Å². The molecule has 0 radical (unpaired) electrons. The second kappa shape index (κ2) is 9.14. The lowest BCUT2D eigenvalue weighted by molar-refractivity contribution is 0.673. The van der Waals surface area contributed by atoms with Crippen LogP contribution in [0.25, 0.3) is 54.6 Å². The lowest BCUT2D eigenvalue weighted by Gasteiger charge is -2.26. The molecule has 0 unspecified atom stereocenters. The summed E-state index contributed by atoms with van der Waals surface area (Å²) in [6.07, 6.45) is 0. The molecule has 0 saturated heterocycles. The largest absolute Gasteiger partial charge is 0.455 e. The van der Waals surface area contributed by atoms with E-state index in [1.165, 1.54) is 27.3 Å². The third kappa shape index (κ3) is 3.65. The minimum Gasteiger partial charge on any atom is -0.455 e. The molecule has 0 spiro atoms. The van der Waals surface area contributed by atoms with E-state index >= 15 is 0 Å². The van der Waals surface area contributed by atoms with E-state index < -0.39 is 0 Å². The molecule has 1 aromatic heterocycles. The Hall–Kier alpha value is -5.34. The van der Waals surface area contributed by atoms with Gasteiger partial charge in [0.25, 0.3) is 0 Å². The van der Waals surface area contributed by atoms with Crippen LogP contribution >= 0.6 is 0 Å². The van der Waals surface area contributed by atoms with Crippen molar-refractivity contribution in [2.45, 2.75) is 0 Å². The van der Waals surface area contributed by atoms with Crippen LogP contribution in [0.3, 0.4) is 0 Å². The van der Waals surface area contributed by atoms with Gasteiger partial charge in [-0.3, -0.25) is 0 Å². The summed E-state index contributed by atoms with van der Waals surface area (Å²) >= 11 is 0. The Morgan fingerprint density at radius 2 is 1.05 bits per heavy atom. The third-order valence-electron chi connectivity index (χ3n) is 7.81. The molecule has 0 aliphatic rings. The quantitative estimate of drug-likeness (QED) is 0.218. The average Bonchev–Trinajstić information content (AvgIpc) is 3.41. The van der Waals surface area contributed by atoms with Crippen LogP contribution in [0, 0.1) is 0 Å². The topological polar surface area (TPSA) is 16.4 Å². The highest BCUT2D eigenvalue weighted by molar-refractivity contribution is 6.23. The van der Waals surface area contributed by atoms with Gasteiger partial charge in [0.05, 0.1) is 0 Å². The molecule has 0 fully saturated rings. The maximum atomic E-state index is 6.43. The fourth-order valence-electron chi connectivity index (χ4n) is 5.93. The molecule has 0 bridgehead atoms. The molecule has 0 aliphatic heterocycles. The smallest absolute Gasteiger partial charge is 0.143 e. The summed E-state index contributed by atoms with van der Waals surface area (Å²) in [7, 11) is 0. The number of hydrogen-bond donors (Lipinski definition) is 0. The molecule has 40 heavy (non-hydrogen) atoms. The zero-order valence-corrected chi connectivity index (χ0v) is 21.8. The van der Waals surface area contributed by atoms with E-state index in [0.29, 0.717) is 0 Å². The van der Waals surface area contributed by atoms with Crippen molar-refractivity contribution in [2.24, 2.45) is 0 Å². The first-order valence-electron chi connectivity index (χ1n) is 13.6. The van der Waals surface area contributed by atoms with Gasteiger partial charge in [0.2, 0.25) is 0 Å². The maximum absolute atomic E-state index is 6.43. The van der Waals surface area contributed by atoms with E-state index in [9.17, 15) is 0 Å². The third-order valence-corrected chi connectivity index (χ3v) is 7.81. The number of nitrogens with zero attached hydrogens (tertiary/aromatic N) is 1. The monoisotopic (exact) mass is 511 g/mol. The van der Waals surface area contributed by atoms with Crippen LogP contribution in [0.1, 0.15) is 0 Å². The van der Waals surface area contributed by atoms with Crippen molar-refractivity contribution in [1.29, 1.82) is 0 Å². The van der Waals surface area contributed by atoms with Crippen molar-refractivity contribution in [3.8, 4) is 11.1 Å². The highest BCUT2D eigenvalue weighted by Crippen LogP contribution is 2.41. The number of fused-ring (bicyclic) bond motifs is 7. The van der Waals surface area contributed by atoms with Crippen LogP contribution in [0.15, 0.2) is 156 Å². The molecule has 2 nitrogen and oxygen atoms in total. The van der Waals surface area contributed by atoms with Gasteiger partial charge in [-0.25, -0.2) is 0 Å². The van der Waals surface area contributed by atoms with Gasteiger partial charge in [-0.05, 0) is 75.8 Å². The molecule has 1 heterocycles. The lowest BCUT2D eigenvalue weighted by Crippen LogP contribution is -2.09. The van der Waals surface area contributed by atoms with Gasteiger partial charge in [-0.2, -0.15) is 0 Å². The van der Waals surface area contributed by atoms with E-state index in [1.807, 2.05) is 12.1 Å². The number of para-hydroxylation sites is 2. The fourth-order valence-corrected chi connectivity index (χ4v) is 5.93. The Labute approximate surface area is 232 Å². The molecule has 7 aromatic carbocycles. The zero-order chi connectivity index (χ0) is 26.5. The first kappa shape index (κ1) is 22.6. The first-order chi connectivity index (χ1) is 19.8. The van der Waals surface area contributed by atoms with Crippen LogP contribution in [0.2, 0.25) is 0 Å². The number of rotatable bonds is 4. The van der Waals surface area contributed by atoms with Gasteiger partial charge >= 0.3 is 0 Å². The molecule has 188 valence electrons. The Morgan fingerprint density at radius 3 is 1.93 bits per heavy atom. The van der Waals surface area contributed by atoms with Gasteiger partial charge in [0.15, 0.2) is 0 Å². The van der Waals surface area contributed by atoms with Gasteiger partial charge in [-0.15, -0.1) is 0 Å². The molecule has 0 N–H and O–H groups in total. The Kier molecular flexibility index (Phi) is 5.17. The molecule has 8 rings (SSSR count). The summed E-state index contributed by atoms with van der Waals surface area (Å²) in [6, 6.07) is 53.8. The summed E-state index contributed by atoms with van der Waals surface area (Å²) in [5, 5.41) is 7.03. The second-order valence-corrected chi connectivity index (χ2v) is 10.2. The predicted molar refractivity (Wildman–Crippen MR) is 169 cm³/mol. The van der Waals surface area contributed by atoms with Crippen LogP contribution < -0.4 is 4.90 Å². The number of furan rings is 1. The van der Waals surface area contributed by atoms with Crippen LogP contribution in [0.4, 0.5) is 17.1 Å². The second-order valence-electron chi connectivity index (χ2n) is 10.2. The first-order valence-corrected chi connectivity index (χ1v) is 13.6. The van der Waals surface area contributed by atoms with Crippen LogP contribution in [0.5, 0.6) is 0 Å². The van der Waals surface area contributed by atoms with E-state index in [4.69, 9.17) is 4.42 Å². The number of hydrogen-bond acceptors (Lipinski definition) is 2. The van der Waals surface area contributed by atoms with Gasteiger partial charge < -0.3 is 9.32 Å². The van der Waals surface area contributed by atoms with E-state index in [0.717, 1.165) is 44.4 Å². The maximum Gasteiger partial charge on any atom is 0.143 e. The fraction of sp³-hybridized carbons (Fsp3) is 0. The molecular weight excluding hydrogens is 486 g/mol. The predicted octanol–water partition coefficient (Wildman–Crippen LogP) is 11.0. The summed E-state index contributed by atoms with van der Waals surface area (Å²) < 4.78 is 6.43. The number of anilines is 3. The van der Waals surface area contributed by atoms with Gasteiger partial charge in [-0.1, -0.05) is 103 Å². The van der Waals surface area contributed by atoms with Crippen molar-refractivity contribution in [1.82, 2.24) is 0 Å². The van der Waals surface area contributed by atoms with Crippen molar-refractivity contribution in [3.63, 3.8) is 0 Å². The van der Waals surface area contributed by atoms with Gasteiger partial charge in [0.1, 0.15) is 11.2 Å². The summed E-state index contributed by atoms with van der Waals surface area (Å²) in [5.41, 5.74) is 7.62. The van der Waals surface area contributed by atoms with E-state index in [-0.39, 0.29) is 0 Å². The minimum atomic E-state index is 0.923. The number of benzene rings is 7. The molecule has 0 amide bonds. The Balaban J connectivity index is 1.34. The van der Waals surface area contributed by atoms with Crippen LogP contribution in [-0.2, 0) is 0 Å². The molecule has 8 aromatic rings. The summed E-state index contributed by atoms with van der Waals surface area (Å²) in [6.45, 7) is 0. The molecule has 0 saturated carbocycles. The van der Waals surface area contributed by atoms with Crippen LogP contribution in [-0.4, -0.2) is 0 Å². The lowest BCUT2D eigenvalue weighted by atomic mass is 9.98. The van der Waals surface area contributed by atoms with Crippen molar-refractivity contribution >= 4 is 60.5 Å². The molecule has 0 atom stereocenters. The van der Waals surface area contributed by atoms with Crippen molar-refractivity contribution < 1.29 is 4.42 Å². The molecular formula is C38H25NO. The Bertz CT molecular complexity index is 2160. The van der Waals surface area contributed by atoms with Gasteiger partial charge in [0, 0.05) is 33.2 Å². The summed E-state index contributed by atoms with van der Waals surface area (Å²) in [5.74, 6) is 0. The Morgan fingerprint density at radius 1 is 0.400 bits per heavy atom. The highest BCUT2D eigenvalue weighted by Gasteiger charge is 2.16. The van der Waals surface area contributed by atoms with E-state index in [2.05, 4.69) is 144 Å². The summed E-state index contributed by atoms with van der Waals surface area (Å²) in [4.78, 5) is 2.33. The zero-order valence-electron chi connectivity index (χ0n) is 21.8. The minimum absolute atomic E-state index is 0.923. The van der Waals surface area contributed by atoms with Crippen molar-refractivity contribution in [3.05, 3.63) is 152 Å². The average molecular weight is 512 g/mol.